The number of aromatic nitrogens is 1. The van der Waals surface area contributed by atoms with Crippen molar-refractivity contribution >= 4 is 17.2 Å². The van der Waals surface area contributed by atoms with E-state index in [0.717, 1.165) is 37.4 Å². The molecule has 1 atom stereocenters. The lowest BCUT2D eigenvalue weighted by Gasteiger charge is -2.19. The lowest BCUT2D eigenvalue weighted by atomic mass is 9.92. The summed E-state index contributed by atoms with van der Waals surface area (Å²) >= 11 is 1.49. The average molecular weight is 330 g/mol. The highest BCUT2D eigenvalue weighted by atomic mass is 32.1. The van der Waals surface area contributed by atoms with Crippen LogP contribution in [0.5, 0.6) is 0 Å². The summed E-state index contributed by atoms with van der Waals surface area (Å²) in [5, 5.41) is 2.70. The first-order chi connectivity index (χ1) is 11.3. The molecule has 23 heavy (non-hydrogen) atoms. The zero-order valence-electron chi connectivity index (χ0n) is 13.4. The van der Waals surface area contributed by atoms with Gasteiger partial charge in [0.25, 0.3) is 5.91 Å². The van der Waals surface area contributed by atoms with Gasteiger partial charge in [0, 0.05) is 25.6 Å². The van der Waals surface area contributed by atoms with E-state index in [0.29, 0.717) is 18.2 Å². The lowest BCUT2D eigenvalue weighted by molar-refractivity contribution is 0.0755. The van der Waals surface area contributed by atoms with Gasteiger partial charge in [-0.2, -0.15) is 0 Å². The molecule has 0 N–H and O–H groups in total. The molecular weight excluding hydrogens is 308 g/mol. The molecule has 0 saturated carbocycles. The Balaban J connectivity index is 1.64. The van der Waals surface area contributed by atoms with Gasteiger partial charge < -0.3 is 9.64 Å². The van der Waals surface area contributed by atoms with Crippen LogP contribution in [-0.4, -0.2) is 36.0 Å². The Labute approximate surface area is 141 Å². The molecule has 0 spiro atoms. The van der Waals surface area contributed by atoms with Crippen LogP contribution < -0.4 is 0 Å². The summed E-state index contributed by atoms with van der Waals surface area (Å²) in [5.74, 6) is 0.603. The Morgan fingerprint density at radius 1 is 1.30 bits per heavy atom. The van der Waals surface area contributed by atoms with Gasteiger partial charge in [-0.3, -0.25) is 4.79 Å². The van der Waals surface area contributed by atoms with Crippen molar-refractivity contribution in [1.29, 1.82) is 0 Å². The van der Waals surface area contributed by atoms with E-state index >= 15 is 0 Å². The summed E-state index contributed by atoms with van der Waals surface area (Å²) in [6.07, 6.45) is 3.20. The predicted molar refractivity (Wildman–Crippen MR) is 91.8 cm³/mol. The number of ether oxygens (including phenoxy) is 1. The van der Waals surface area contributed by atoms with E-state index in [2.05, 4.69) is 35.3 Å². The number of rotatable bonds is 4. The molecule has 1 aliphatic heterocycles. The third-order valence-electron chi connectivity index (χ3n) is 4.32. The van der Waals surface area contributed by atoms with Crippen LogP contribution in [0, 0.1) is 0 Å². The standard InChI is InChI=1S/C18H22N2O2S/c1-22-12-17-19-16(13-23-17)18(21)20-10-5-8-15(9-11-20)14-6-3-2-4-7-14/h2-4,6-7,13,15H,5,8-12H2,1H3. The summed E-state index contributed by atoms with van der Waals surface area (Å²) in [5.41, 5.74) is 1.94. The molecule has 4 nitrogen and oxygen atoms in total. The first kappa shape index (κ1) is 16.1. The SMILES string of the molecule is COCc1nc(C(=O)N2CCCC(c3ccccc3)CC2)cs1. The molecule has 1 aromatic carbocycles. The summed E-state index contributed by atoms with van der Waals surface area (Å²) in [4.78, 5) is 19.0. The van der Waals surface area contributed by atoms with Crippen LogP contribution in [0.15, 0.2) is 35.7 Å². The van der Waals surface area contributed by atoms with Crippen molar-refractivity contribution in [3.05, 3.63) is 52.0 Å². The first-order valence-corrected chi connectivity index (χ1v) is 8.93. The van der Waals surface area contributed by atoms with Gasteiger partial charge in [0.05, 0.1) is 6.61 Å². The summed E-state index contributed by atoms with van der Waals surface area (Å²) in [7, 11) is 1.64. The van der Waals surface area contributed by atoms with Crippen LogP contribution in [0.4, 0.5) is 0 Å². The molecule has 0 bridgehead atoms. The maximum Gasteiger partial charge on any atom is 0.273 e. The fourth-order valence-corrected chi connectivity index (χ4v) is 3.86. The number of amides is 1. The third-order valence-corrected chi connectivity index (χ3v) is 5.15. The number of thiazole rings is 1. The van der Waals surface area contributed by atoms with Crippen molar-refractivity contribution in [2.75, 3.05) is 20.2 Å². The fourth-order valence-electron chi connectivity index (χ4n) is 3.12. The minimum Gasteiger partial charge on any atom is -0.378 e. The van der Waals surface area contributed by atoms with Crippen molar-refractivity contribution in [2.24, 2.45) is 0 Å². The number of hydrogen-bond donors (Lipinski definition) is 0. The molecule has 0 radical (unpaired) electrons. The van der Waals surface area contributed by atoms with Crippen LogP contribution >= 0.6 is 11.3 Å². The van der Waals surface area contributed by atoms with Crippen LogP contribution in [0.25, 0.3) is 0 Å². The van der Waals surface area contributed by atoms with Gasteiger partial charge in [-0.05, 0) is 30.7 Å². The normalized spacial score (nSPS) is 18.7. The second kappa shape index (κ2) is 7.70. The smallest absolute Gasteiger partial charge is 0.273 e. The van der Waals surface area contributed by atoms with Gasteiger partial charge >= 0.3 is 0 Å². The highest BCUT2D eigenvalue weighted by molar-refractivity contribution is 7.09. The predicted octanol–water partition coefficient (Wildman–Crippen LogP) is 3.70. The van der Waals surface area contributed by atoms with E-state index < -0.39 is 0 Å². The number of methoxy groups -OCH3 is 1. The van der Waals surface area contributed by atoms with E-state index in [4.69, 9.17) is 4.74 Å². The summed E-state index contributed by atoms with van der Waals surface area (Å²) in [6.45, 7) is 2.09. The fraction of sp³-hybridized carbons (Fsp3) is 0.444. The third kappa shape index (κ3) is 3.98. The molecule has 122 valence electrons. The van der Waals surface area contributed by atoms with Crippen LogP contribution in [0.3, 0.4) is 0 Å². The van der Waals surface area contributed by atoms with Crippen molar-refractivity contribution < 1.29 is 9.53 Å². The number of hydrogen-bond acceptors (Lipinski definition) is 4. The Bertz CT molecular complexity index is 641. The van der Waals surface area contributed by atoms with E-state index in [-0.39, 0.29) is 5.91 Å². The Kier molecular flexibility index (Phi) is 5.41. The van der Waals surface area contributed by atoms with Crippen molar-refractivity contribution in [3.8, 4) is 0 Å². The van der Waals surface area contributed by atoms with Crippen LogP contribution in [0.2, 0.25) is 0 Å². The quantitative estimate of drug-likeness (QED) is 0.858. The Morgan fingerprint density at radius 2 is 2.13 bits per heavy atom. The van der Waals surface area contributed by atoms with Gasteiger partial charge in [-0.25, -0.2) is 4.98 Å². The molecule has 1 aliphatic rings. The van der Waals surface area contributed by atoms with Gasteiger partial charge in [0.15, 0.2) is 0 Å². The maximum absolute atomic E-state index is 12.6. The van der Waals surface area contributed by atoms with Crippen LogP contribution in [-0.2, 0) is 11.3 Å². The van der Waals surface area contributed by atoms with Crippen molar-refractivity contribution in [2.45, 2.75) is 31.8 Å². The molecular formula is C18H22N2O2S. The molecule has 1 saturated heterocycles. The van der Waals surface area contributed by atoms with Gasteiger partial charge in [-0.1, -0.05) is 30.3 Å². The minimum absolute atomic E-state index is 0.0531. The van der Waals surface area contributed by atoms with E-state index in [1.165, 1.54) is 16.9 Å². The molecule has 1 unspecified atom stereocenters. The Hall–Kier alpha value is -1.72. The van der Waals surface area contributed by atoms with E-state index in [9.17, 15) is 4.79 Å². The topological polar surface area (TPSA) is 42.4 Å². The maximum atomic E-state index is 12.6. The van der Waals surface area contributed by atoms with Gasteiger partial charge in [0.2, 0.25) is 0 Å². The van der Waals surface area contributed by atoms with E-state index in [1.54, 1.807) is 7.11 Å². The Morgan fingerprint density at radius 3 is 2.91 bits per heavy atom. The highest BCUT2D eigenvalue weighted by Crippen LogP contribution is 2.28. The lowest BCUT2D eigenvalue weighted by Crippen LogP contribution is -2.32. The van der Waals surface area contributed by atoms with Gasteiger partial charge in [0.1, 0.15) is 10.7 Å². The molecule has 2 heterocycles. The minimum atomic E-state index is 0.0531. The van der Waals surface area contributed by atoms with Gasteiger partial charge in [-0.15, -0.1) is 11.3 Å². The number of likely N-dealkylation sites (tertiary alicyclic amines) is 1. The number of carbonyl (C=O) groups excluding carboxylic acids is 1. The molecule has 1 aromatic heterocycles. The number of carbonyl (C=O) groups is 1. The van der Waals surface area contributed by atoms with Crippen molar-refractivity contribution in [3.63, 3.8) is 0 Å². The molecule has 2 aromatic rings. The molecule has 1 amide bonds. The molecule has 0 aliphatic carbocycles. The summed E-state index contributed by atoms with van der Waals surface area (Å²) < 4.78 is 5.07. The monoisotopic (exact) mass is 330 g/mol. The van der Waals surface area contributed by atoms with Crippen LogP contribution in [0.1, 0.15) is 46.2 Å². The summed E-state index contributed by atoms with van der Waals surface area (Å²) in [6, 6.07) is 10.6. The second-order valence-electron chi connectivity index (χ2n) is 5.89. The highest BCUT2D eigenvalue weighted by Gasteiger charge is 2.23. The largest absolute Gasteiger partial charge is 0.378 e. The van der Waals surface area contributed by atoms with Crippen molar-refractivity contribution in [1.82, 2.24) is 9.88 Å². The zero-order valence-corrected chi connectivity index (χ0v) is 14.2. The van der Waals surface area contributed by atoms with E-state index in [1.807, 2.05) is 10.3 Å². The number of benzene rings is 1. The second-order valence-corrected chi connectivity index (χ2v) is 6.83. The zero-order chi connectivity index (χ0) is 16.1. The average Bonchev–Trinajstić information content (AvgIpc) is 2.91. The molecule has 3 rings (SSSR count). The number of nitrogens with zero attached hydrogens (tertiary/aromatic N) is 2. The molecule has 5 heteroatoms. The first-order valence-electron chi connectivity index (χ1n) is 8.05. The molecule has 1 fully saturated rings.